The summed E-state index contributed by atoms with van der Waals surface area (Å²) in [7, 11) is -0.879. The predicted octanol–water partition coefficient (Wildman–Crippen LogP) is 2.50. The third kappa shape index (κ3) is 4.32. The number of benzene rings is 1. The van der Waals surface area contributed by atoms with Crippen molar-refractivity contribution in [1.82, 2.24) is 9.55 Å². The zero-order valence-corrected chi connectivity index (χ0v) is 11.0. The molecule has 0 aliphatic rings. The first-order valence-electron chi connectivity index (χ1n) is 5.25. The zero-order valence-electron chi connectivity index (χ0n) is 9.36. The van der Waals surface area contributed by atoms with Crippen LogP contribution in [0.3, 0.4) is 0 Å². The Hall–Kier alpha value is -1.13. The summed E-state index contributed by atoms with van der Waals surface area (Å²) in [4.78, 5) is 4.88. The first kappa shape index (κ1) is 13.9. The molecule has 17 heavy (non-hydrogen) atoms. The van der Waals surface area contributed by atoms with E-state index in [-0.39, 0.29) is 12.4 Å². The Labute approximate surface area is 110 Å². The average Bonchev–Trinajstić information content (AvgIpc) is 2.83. The van der Waals surface area contributed by atoms with E-state index in [1.54, 1.807) is 12.5 Å². The van der Waals surface area contributed by atoms with Crippen molar-refractivity contribution in [2.45, 2.75) is 17.9 Å². The van der Waals surface area contributed by atoms with E-state index in [4.69, 9.17) is 0 Å². The molecule has 2 aromatic rings. The van der Waals surface area contributed by atoms with E-state index in [0.717, 1.165) is 17.9 Å². The molecule has 1 aromatic carbocycles. The summed E-state index contributed by atoms with van der Waals surface area (Å²) in [6.07, 6.45) is 6.36. The first-order valence-corrected chi connectivity index (χ1v) is 6.57. The molecule has 0 saturated heterocycles. The van der Waals surface area contributed by atoms with Gasteiger partial charge in [-0.15, -0.1) is 12.4 Å². The standard InChI is InChI=1S/C12H14N2OS.ClH/c15-16(12-5-2-1-3-6-12)10-4-8-14-9-7-13-11-14;/h1-3,5-7,9,11H,4,8,10H2;1H. The van der Waals surface area contributed by atoms with E-state index in [2.05, 4.69) is 4.98 Å². The Morgan fingerprint density at radius 1 is 1.24 bits per heavy atom. The van der Waals surface area contributed by atoms with E-state index in [1.165, 1.54) is 0 Å². The van der Waals surface area contributed by atoms with E-state index < -0.39 is 10.8 Å². The highest BCUT2D eigenvalue weighted by Crippen LogP contribution is 2.06. The maximum atomic E-state index is 11.9. The third-order valence-electron chi connectivity index (χ3n) is 2.31. The van der Waals surface area contributed by atoms with Crippen molar-refractivity contribution in [3.63, 3.8) is 0 Å². The molecule has 1 unspecified atom stereocenters. The van der Waals surface area contributed by atoms with Gasteiger partial charge in [0.2, 0.25) is 0 Å². The number of imidazole rings is 1. The summed E-state index contributed by atoms with van der Waals surface area (Å²) in [6.45, 7) is 0.874. The van der Waals surface area contributed by atoms with Crippen molar-refractivity contribution in [2.75, 3.05) is 5.75 Å². The van der Waals surface area contributed by atoms with Crippen LogP contribution in [0.2, 0.25) is 0 Å². The molecule has 0 bridgehead atoms. The molecule has 5 heteroatoms. The number of aromatic nitrogens is 2. The van der Waals surface area contributed by atoms with Gasteiger partial charge < -0.3 is 4.57 Å². The molecule has 0 N–H and O–H groups in total. The maximum Gasteiger partial charge on any atom is 0.0945 e. The number of rotatable bonds is 5. The van der Waals surface area contributed by atoms with Crippen molar-refractivity contribution in [2.24, 2.45) is 0 Å². The van der Waals surface area contributed by atoms with Gasteiger partial charge in [0.05, 0.1) is 17.1 Å². The lowest BCUT2D eigenvalue weighted by Crippen LogP contribution is -2.03. The van der Waals surface area contributed by atoms with Gasteiger partial charge in [0, 0.05) is 29.6 Å². The van der Waals surface area contributed by atoms with Gasteiger partial charge in [0.15, 0.2) is 0 Å². The molecular weight excluding hydrogens is 256 g/mol. The molecule has 3 nitrogen and oxygen atoms in total. The Bertz CT molecular complexity index is 445. The second kappa shape index (κ2) is 7.25. The third-order valence-corrected chi connectivity index (χ3v) is 3.77. The number of hydrogen-bond acceptors (Lipinski definition) is 2. The van der Waals surface area contributed by atoms with Crippen LogP contribution in [0.4, 0.5) is 0 Å². The Balaban J connectivity index is 0.00000144. The second-order valence-electron chi connectivity index (χ2n) is 3.52. The lowest BCUT2D eigenvalue weighted by Gasteiger charge is -2.03. The summed E-state index contributed by atoms with van der Waals surface area (Å²) in [6, 6.07) is 9.60. The van der Waals surface area contributed by atoms with Crippen LogP contribution in [0.5, 0.6) is 0 Å². The van der Waals surface area contributed by atoms with E-state index in [9.17, 15) is 4.21 Å². The van der Waals surface area contributed by atoms with Gasteiger partial charge in [-0.3, -0.25) is 4.21 Å². The van der Waals surface area contributed by atoms with Crippen LogP contribution in [0.1, 0.15) is 6.42 Å². The monoisotopic (exact) mass is 270 g/mol. The van der Waals surface area contributed by atoms with Crippen molar-refractivity contribution in [3.05, 3.63) is 49.1 Å². The van der Waals surface area contributed by atoms with Crippen LogP contribution in [0.15, 0.2) is 53.9 Å². The molecular formula is C12H15ClN2OS. The van der Waals surface area contributed by atoms with Gasteiger partial charge >= 0.3 is 0 Å². The van der Waals surface area contributed by atoms with Crippen molar-refractivity contribution >= 4 is 23.2 Å². The zero-order chi connectivity index (χ0) is 11.2. The number of hydrogen-bond donors (Lipinski definition) is 0. The molecule has 1 aromatic heterocycles. The lowest BCUT2D eigenvalue weighted by molar-refractivity contribution is 0.658. The van der Waals surface area contributed by atoms with Gasteiger partial charge in [0.1, 0.15) is 0 Å². The molecule has 0 fully saturated rings. The summed E-state index contributed by atoms with van der Waals surface area (Å²) < 4.78 is 13.9. The van der Waals surface area contributed by atoms with Gasteiger partial charge in [-0.25, -0.2) is 4.98 Å². The van der Waals surface area contributed by atoms with E-state index in [1.807, 2.05) is 41.1 Å². The van der Waals surface area contributed by atoms with Gasteiger partial charge in [-0.1, -0.05) is 18.2 Å². The normalized spacial score (nSPS) is 11.8. The largest absolute Gasteiger partial charge is 0.337 e. The van der Waals surface area contributed by atoms with Crippen molar-refractivity contribution in [1.29, 1.82) is 0 Å². The van der Waals surface area contributed by atoms with Crippen LogP contribution in [-0.2, 0) is 17.3 Å². The van der Waals surface area contributed by atoms with Crippen LogP contribution >= 0.6 is 12.4 Å². The fourth-order valence-electron chi connectivity index (χ4n) is 1.49. The molecule has 2 rings (SSSR count). The summed E-state index contributed by atoms with van der Waals surface area (Å²) in [5.41, 5.74) is 0. The quantitative estimate of drug-likeness (QED) is 0.837. The Morgan fingerprint density at radius 3 is 2.65 bits per heavy atom. The first-order chi connectivity index (χ1) is 7.86. The molecule has 0 amide bonds. The minimum absolute atomic E-state index is 0. The highest BCUT2D eigenvalue weighted by molar-refractivity contribution is 7.85. The molecule has 0 saturated carbocycles. The van der Waals surface area contributed by atoms with Crippen molar-refractivity contribution < 1.29 is 4.21 Å². The number of nitrogens with zero attached hydrogens (tertiary/aromatic N) is 2. The molecule has 0 aliphatic carbocycles. The molecule has 0 radical (unpaired) electrons. The molecule has 0 spiro atoms. The minimum atomic E-state index is -0.879. The second-order valence-corrected chi connectivity index (χ2v) is 5.09. The van der Waals surface area contributed by atoms with E-state index >= 15 is 0 Å². The van der Waals surface area contributed by atoms with Crippen LogP contribution < -0.4 is 0 Å². The van der Waals surface area contributed by atoms with Crippen LogP contribution in [-0.4, -0.2) is 19.5 Å². The molecule has 92 valence electrons. The lowest BCUT2D eigenvalue weighted by atomic mass is 10.4. The maximum absolute atomic E-state index is 11.9. The van der Waals surface area contributed by atoms with Crippen LogP contribution in [0, 0.1) is 0 Å². The fraction of sp³-hybridized carbons (Fsp3) is 0.250. The predicted molar refractivity (Wildman–Crippen MR) is 71.8 cm³/mol. The fourth-order valence-corrected chi connectivity index (χ4v) is 2.58. The SMILES string of the molecule is Cl.O=S(CCCn1ccnc1)c1ccccc1. The van der Waals surface area contributed by atoms with Crippen LogP contribution in [0.25, 0.3) is 0 Å². The topological polar surface area (TPSA) is 34.9 Å². The summed E-state index contributed by atoms with van der Waals surface area (Å²) >= 11 is 0. The Kier molecular flexibility index (Phi) is 5.94. The smallest absolute Gasteiger partial charge is 0.0945 e. The minimum Gasteiger partial charge on any atom is -0.337 e. The summed E-state index contributed by atoms with van der Waals surface area (Å²) in [5.74, 6) is 0.697. The highest BCUT2D eigenvalue weighted by atomic mass is 35.5. The van der Waals surface area contributed by atoms with Crippen molar-refractivity contribution in [3.8, 4) is 0 Å². The Morgan fingerprint density at radius 2 is 2.00 bits per heavy atom. The molecule has 1 heterocycles. The van der Waals surface area contributed by atoms with Gasteiger partial charge in [-0.05, 0) is 18.6 Å². The van der Waals surface area contributed by atoms with E-state index in [0.29, 0.717) is 5.75 Å². The van der Waals surface area contributed by atoms with Gasteiger partial charge in [-0.2, -0.15) is 0 Å². The van der Waals surface area contributed by atoms with Gasteiger partial charge in [0.25, 0.3) is 0 Å². The average molecular weight is 271 g/mol. The number of aryl methyl sites for hydroxylation is 1. The highest BCUT2D eigenvalue weighted by Gasteiger charge is 2.02. The molecule has 1 atom stereocenters. The summed E-state index contributed by atoms with van der Waals surface area (Å²) in [5, 5.41) is 0. The molecule has 0 aliphatic heterocycles. The number of halogens is 1.